The Kier molecular flexibility index (Phi) is 6.26. The van der Waals surface area contributed by atoms with Gasteiger partial charge in [0, 0.05) is 19.2 Å². The number of anilines is 1. The molecule has 3 rings (SSSR count). The number of rotatable bonds is 7. The van der Waals surface area contributed by atoms with E-state index in [1.54, 1.807) is 0 Å². The molecule has 0 saturated heterocycles. The van der Waals surface area contributed by atoms with Crippen molar-refractivity contribution in [1.29, 1.82) is 0 Å². The summed E-state index contributed by atoms with van der Waals surface area (Å²) in [5.74, 6) is 0.446. The van der Waals surface area contributed by atoms with Crippen molar-refractivity contribution in [3.05, 3.63) is 65.7 Å². The topological polar surface area (TPSA) is 109 Å². The molecule has 2 aromatic rings. The second-order valence-corrected chi connectivity index (χ2v) is 6.77. The molecule has 0 aromatic heterocycles. The zero-order chi connectivity index (χ0) is 19.9. The molecule has 1 aliphatic rings. The number of carbonyl (C=O) groups is 1. The van der Waals surface area contributed by atoms with Gasteiger partial charge in [0.2, 0.25) is 17.8 Å². The lowest BCUT2D eigenvalue weighted by Crippen LogP contribution is -2.44. The highest BCUT2D eigenvalue weighted by molar-refractivity contribution is 5.95. The average Bonchev–Trinajstić information content (AvgIpc) is 2.67. The minimum atomic E-state index is -0.319. The van der Waals surface area contributed by atoms with E-state index in [1.807, 2.05) is 35.2 Å². The molecule has 0 fully saturated rings. The number of carbonyl (C=O) groups excluding carboxylic acids is 1. The van der Waals surface area contributed by atoms with E-state index in [0.29, 0.717) is 5.96 Å². The number of benzene rings is 2. The molecular formula is C21H26N6O. The number of nitrogens with one attached hydrogen (secondary N) is 1. The van der Waals surface area contributed by atoms with Crippen LogP contribution < -0.4 is 16.8 Å². The highest BCUT2D eigenvalue weighted by atomic mass is 16.1. The molecule has 0 spiro atoms. The second-order valence-electron chi connectivity index (χ2n) is 6.77. The van der Waals surface area contributed by atoms with Crippen molar-refractivity contribution in [3.63, 3.8) is 0 Å². The Hall–Kier alpha value is -3.35. The number of hydrogen-bond donors (Lipinski definition) is 3. The number of nitrogens with two attached hydrogens (primary N) is 2. The summed E-state index contributed by atoms with van der Waals surface area (Å²) in [6.45, 7) is 2.21. The van der Waals surface area contributed by atoms with Crippen LogP contribution in [0.1, 0.15) is 37.1 Å². The minimum absolute atomic E-state index is 0.107. The number of unbranched alkanes of at least 4 members (excludes halogenated alkanes) is 1. The first kappa shape index (κ1) is 19.4. The van der Waals surface area contributed by atoms with Crippen LogP contribution >= 0.6 is 0 Å². The van der Waals surface area contributed by atoms with Crippen LogP contribution in [0, 0.1) is 0 Å². The Labute approximate surface area is 165 Å². The third-order valence-corrected chi connectivity index (χ3v) is 4.56. The van der Waals surface area contributed by atoms with Crippen LogP contribution in [0.4, 0.5) is 5.69 Å². The van der Waals surface area contributed by atoms with Gasteiger partial charge in [-0.25, -0.2) is 4.99 Å². The zero-order valence-electron chi connectivity index (χ0n) is 16.0. The van der Waals surface area contributed by atoms with E-state index in [1.165, 1.54) is 12.5 Å². The molecule has 7 heteroatoms. The smallest absolute Gasteiger partial charge is 0.221 e. The molecule has 1 unspecified atom stereocenters. The predicted molar refractivity (Wildman–Crippen MR) is 113 cm³/mol. The summed E-state index contributed by atoms with van der Waals surface area (Å²) < 4.78 is 0. The maximum Gasteiger partial charge on any atom is 0.221 e. The fourth-order valence-corrected chi connectivity index (χ4v) is 3.22. The molecule has 1 heterocycles. The van der Waals surface area contributed by atoms with Crippen LogP contribution in [0.15, 0.2) is 64.6 Å². The SMILES string of the molecule is CC(=O)Nc1ccc(C2N=C(N)N=C(N)N2CCCCc2ccccc2)cc1. The van der Waals surface area contributed by atoms with Crippen LogP contribution in [0.5, 0.6) is 0 Å². The fourth-order valence-electron chi connectivity index (χ4n) is 3.22. The van der Waals surface area contributed by atoms with Crippen molar-refractivity contribution in [3.8, 4) is 0 Å². The maximum atomic E-state index is 11.2. The number of amides is 1. The van der Waals surface area contributed by atoms with Gasteiger partial charge in [-0.2, -0.15) is 4.99 Å². The first-order valence-corrected chi connectivity index (χ1v) is 9.38. The van der Waals surface area contributed by atoms with Gasteiger partial charge in [-0.15, -0.1) is 0 Å². The lowest BCUT2D eigenvalue weighted by atomic mass is 10.1. The largest absolute Gasteiger partial charge is 0.369 e. The van der Waals surface area contributed by atoms with Crippen LogP contribution in [-0.2, 0) is 11.2 Å². The molecular weight excluding hydrogens is 352 g/mol. The normalized spacial score (nSPS) is 16.3. The van der Waals surface area contributed by atoms with Crippen LogP contribution in [0.3, 0.4) is 0 Å². The molecule has 1 aliphatic heterocycles. The summed E-state index contributed by atoms with van der Waals surface area (Å²) in [7, 11) is 0. The highest BCUT2D eigenvalue weighted by Gasteiger charge is 2.25. The summed E-state index contributed by atoms with van der Waals surface area (Å²) >= 11 is 0. The average molecular weight is 378 g/mol. The van der Waals surface area contributed by atoms with Gasteiger partial charge in [-0.3, -0.25) is 4.79 Å². The molecule has 5 N–H and O–H groups in total. The Morgan fingerprint density at radius 3 is 2.46 bits per heavy atom. The van der Waals surface area contributed by atoms with E-state index in [2.05, 4.69) is 39.6 Å². The molecule has 1 atom stereocenters. The van der Waals surface area contributed by atoms with Crippen molar-refractivity contribution >= 4 is 23.5 Å². The number of hydrogen-bond acceptors (Lipinski definition) is 6. The monoisotopic (exact) mass is 378 g/mol. The van der Waals surface area contributed by atoms with Gasteiger partial charge in [0.1, 0.15) is 0 Å². The van der Waals surface area contributed by atoms with Crippen molar-refractivity contribution in [2.24, 2.45) is 21.5 Å². The van der Waals surface area contributed by atoms with Crippen LogP contribution in [0.2, 0.25) is 0 Å². The van der Waals surface area contributed by atoms with Crippen molar-refractivity contribution in [1.82, 2.24) is 4.90 Å². The molecule has 146 valence electrons. The van der Waals surface area contributed by atoms with Gasteiger partial charge in [0.15, 0.2) is 6.17 Å². The van der Waals surface area contributed by atoms with Gasteiger partial charge in [0.25, 0.3) is 0 Å². The molecule has 1 amide bonds. The maximum absolute atomic E-state index is 11.2. The van der Waals surface area contributed by atoms with E-state index < -0.39 is 0 Å². The Morgan fingerprint density at radius 1 is 1.07 bits per heavy atom. The van der Waals surface area contributed by atoms with Gasteiger partial charge < -0.3 is 21.7 Å². The van der Waals surface area contributed by atoms with Gasteiger partial charge in [0.05, 0.1) is 0 Å². The van der Waals surface area contributed by atoms with Gasteiger partial charge in [-0.05, 0) is 42.5 Å². The highest BCUT2D eigenvalue weighted by Crippen LogP contribution is 2.26. The zero-order valence-corrected chi connectivity index (χ0v) is 16.0. The second kappa shape index (κ2) is 9.03. The van der Waals surface area contributed by atoms with E-state index in [-0.39, 0.29) is 18.0 Å². The lowest BCUT2D eigenvalue weighted by Gasteiger charge is -2.32. The molecule has 0 radical (unpaired) electrons. The third-order valence-electron chi connectivity index (χ3n) is 4.56. The van der Waals surface area contributed by atoms with Crippen LogP contribution in [0.25, 0.3) is 0 Å². The number of nitrogens with zero attached hydrogens (tertiary/aromatic N) is 3. The summed E-state index contributed by atoms with van der Waals surface area (Å²) in [5, 5.41) is 2.76. The predicted octanol–water partition coefficient (Wildman–Crippen LogP) is 2.61. The number of guanidine groups is 2. The van der Waals surface area contributed by atoms with E-state index in [0.717, 1.165) is 37.1 Å². The first-order chi connectivity index (χ1) is 13.5. The summed E-state index contributed by atoms with van der Waals surface area (Å²) in [5.41, 5.74) is 15.0. The minimum Gasteiger partial charge on any atom is -0.369 e. The van der Waals surface area contributed by atoms with Crippen molar-refractivity contribution in [2.75, 3.05) is 11.9 Å². The summed E-state index contributed by atoms with van der Waals surface area (Å²) in [4.78, 5) is 21.8. The van der Waals surface area contributed by atoms with E-state index in [4.69, 9.17) is 11.5 Å². The molecule has 2 aromatic carbocycles. The third kappa shape index (κ3) is 5.09. The Bertz CT molecular complexity index is 860. The quantitative estimate of drug-likeness (QED) is 0.643. The number of aryl methyl sites for hydroxylation is 1. The Balaban J connectivity index is 1.65. The molecule has 0 bridgehead atoms. The fraction of sp³-hybridized carbons (Fsp3) is 0.286. The lowest BCUT2D eigenvalue weighted by molar-refractivity contribution is -0.114. The van der Waals surface area contributed by atoms with Gasteiger partial charge in [-0.1, -0.05) is 42.5 Å². The number of aliphatic imine (C=N–C) groups is 2. The molecule has 28 heavy (non-hydrogen) atoms. The summed E-state index contributed by atoms with van der Waals surface area (Å²) in [6.07, 6.45) is 2.70. The molecule has 0 aliphatic carbocycles. The van der Waals surface area contributed by atoms with Crippen molar-refractivity contribution < 1.29 is 4.79 Å². The molecule has 0 saturated carbocycles. The van der Waals surface area contributed by atoms with E-state index in [9.17, 15) is 4.79 Å². The van der Waals surface area contributed by atoms with E-state index >= 15 is 0 Å². The van der Waals surface area contributed by atoms with Crippen LogP contribution in [-0.4, -0.2) is 29.3 Å². The summed E-state index contributed by atoms with van der Waals surface area (Å²) in [6, 6.07) is 18.0. The molecule has 7 nitrogen and oxygen atoms in total. The van der Waals surface area contributed by atoms with Gasteiger partial charge >= 0.3 is 0 Å². The standard InChI is InChI=1S/C21H26N6O/c1-15(28)24-18-12-10-17(11-13-18)19-25-20(22)26-21(23)27(19)14-6-5-9-16-7-3-2-4-8-16/h2-4,7-8,10-13,19H,5-6,9,14H2,1H3,(H,24,28)(H4,22,23,25,26). The first-order valence-electron chi connectivity index (χ1n) is 9.38. The van der Waals surface area contributed by atoms with Crippen molar-refractivity contribution in [2.45, 2.75) is 32.4 Å². The Morgan fingerprint density at radius 2 is 1.79 bits per heavy atom.